The van der Waals surface area contributed by atoms with E-state index in [1.807, 2.05) is 25.2 Å². The molecule has 0 aliphatic heterocycles. The summed E-state index contributed by atoms with van der Waals surface area (Å²) in [4.78, 5) is 2.06. The summed E-state index contributed by atoms with van der Waals surface area (Å²) in [6, 6.07) is 23.1. The molecule has 0 aromatic heterocycles. The van der Waals surface area contributed by atoms with Gasteiger partial charge in [-0.25, -0.2) is 0 Å². The van der Waals surface area contributed by atoms with Crippen LogP contribution in [0.25, 0.3) is 10.8 Å². The van der Waals surface area contributed by atoms with E-state index in [4.69, 9.17) is 12.2 Å². The molecule has 23 heavy (non-hydrogen) atoms. The van der Waals surface area contributed by atoms with Crippen molar-refractivity contribution in [3.63, 3.8) is 0 Å². The van der Waals surface area contributed by atoms with Crippen LogP contribution in [0.4, 0.5) is 5.69 Å². The van der Waals surface area contributed by atoms with Crippen molar-refractivity contribution in [1.29, 1.82) is 0 Å². The summed E-state index contributed by atoms with van der Waals surface area (Å²) < 4.78 is 0. The maximum atomic E-state index is 5.53. The largest absolute Gasteiger partial charge is 0.348 e. The van der Waals surface area contributed by atoms with Crippen LogP contribution in [-0.4, -0.2) is 17.1 Å². The molecule has 0 fully saturated rings. The number of nitrogens with one attached hydrogen (secondary N) is 1. The van der Waals surface area contributed by atoms with Crippen molar-refractivity contribution in [2.24, 2.45) is 0 Å². The van der Waals surface area contributed by atoms with Gasteiger partial charge in [0.15, 0.2) is 5.11 Å². The van der Waals surface area contributed by atoms with E-state index in [-0.39, 0.29) is 0 Å². The molecule has 3 aromatic carbocycles. The van der Waals surface area contributed by atoms with Crippen LogP contribution >= 0.6 is 12.2 Å². The molecular weight excluding hydrogens is 300 g/mol. The molecule has 3 rings (SSSR count). The highest BCUT2D eigenvalue weighted by Gasteiger charge is 2.07. The van der Waals surface area contributed by atoms with Crippen LogP contribution in [0.3, 0.4) is 0 Å². The van der Waals surface area contributed by atoms with E-state index in [0.717, 1.165) is 17.3 Å². The van der Waals surface area contributed by atoms with Crippen molar-refractivity contribution in [3.8, 4) is 0 Å². The van der Waals surface area contributed by atoms with Crippen LogP contribution in [0.1, 0.15) is 11.1 Å². The van der Waals surface area contributed by atoms with Crippen molar-refractivity contribution in [2.45, 2.75) is 13.5 Å². The Morgan fingerprint density at radius 2 is 1.65 bits per heavy atom. The van der Waals surface area contributed by atoms with E-state index >= 15 is 0 Å². The molecule has 0 saturated heterocycles. The SMILES string of the molecule is Cc1ccccc1NC(=S)N(C)Cc1ccc2ccccc2c1. The fourth-order valence-electron chi connectivity index (χ4n) is 2.61. The monoisotopic (exact) mass is 320 g/mol. The van der Waals surface area contributed by atoms with Crippen LogP contribution in [0, 0.1) is 6.92 Å². The summed E-state index contributed by atoms with van der Waals surface area (Å²) in [6.45, 7) is 2.86. The zero-order valence-electron chi connectivity index (χ0n) is 13.4. The Morgan fingerprint density at radius 3 is 2.43 bits per heavy atom. The number of nitrogens with zero attached hydrogens (tertiary/aromatic N) is 1. The smallest absolute Gasteiger partial charge is 0.173 e. The molecule has 0 aliphatic rings. The van der Waals surface area contributed by atoms with Crippen LogP contribution in [0.5, 0.6) is 0 Å². The van der Waals surface area contributed by atoms with Gasteiger partial charge in [0.05, 0.1) is 0 Å². The van der Waals surface area contributed by atoms with Gasteiger partial charge >= 0.3 is 0 Å². The lowest BCUT2D eigenvalue weighted by Gasteiger charge is -2.22. The number of benzene rings is 3. The topological polar surface area (TPSA) is 15.3 Å². The quantitative estimate of drug-likeness (QED) is 0.685. The highest BCUT2D eigenvalue weighted by Crippen LogP contribution is 2.18. The predicted octanol–water partition coefficient (Wildman–Crippen LogP) is 4.98. The summed E-state index contributed by atoms with van der Waals surface area (Å²) in [5.41, 5.74) is 3.50. The molecule has 0 amide bonds. The molecule has 0 radical (unpaired) electrons. The number of aryl methyl sites for hydroxylation is 1. The molecule has 2 nitrogen and oxygen atoms in total. The second-order valence-electron chi connectivity index (χ2n) is 5.78. The highest BCUT2D eigenvalue weighted by atomic mass is 32.1. The molecule has 0 unspecified atom stereocenters. The number of anilines is 1. The first-order chi connectivity index (χ1) is 11.1. The fourth-order valence-corrected chi connectivity index (χ4v) is 2.78. The van der Waals surface area contributed by atoms with Crippen LogP contribution in [0.2, 0.25) is 0 Å². The van der Waals surface area contributed by atoms with Crippen molar-refractivity contribution in [2.75, 3.05) is 12.4 Å². The zero-order chi connectivity index (χ0) is 16.2. The summed E-state index contributed by atoms with van der Waals surface area (Å²) in [7, 11) is 2.02. The van der Waals surface area contributed by atoms with E-state index in [2.05, 4.69) is 65.7 Å². The number of fused-ring (bicyclic) bond motifs is 1. The first-order valence-electron chi connectivity index (χ1n) is 7.69. The number of para-hydroxylation sites is 1. The van der Waals surface area contributed by atoms with Crippen molar-refractivity contribution >= 4 is 33.8 Å². The molecule has 0 aliphatic carbocycles. The normalized spacial score (nSPS) is 10.5. The second-order valence-corrected chi connectivity index (χ2v) is 6.17. The summed E-state index contributed by atoms with van der Waals surface area (Å²) in [5.74, 6) is 0. The Hall–Kier alpha value is -2.39. The summed E-state index contributed by atoms with van der Waals surface area (Å²) >= 11 is 5.53. The Balaban J connectivity index is 1.71. The lowest BCUT2D eigenvalue weighted by atomic mass is 10.1. The Bertz CT molecular complexity index is 842. The van der Waals surface area contributed by atoms with Gasteiger partial charge in [-0.2, -0.15) is 0 Å². The van der Waals surface area contributed by atoms with Gasteiger partial charge in [-0.05, 0) is 53.2 Å². The van der Waals surface area contributed by atoms with E-state index in [1.54, 1.807) is 0 Å². The second kappa shape index (κ2) is 6.80. The van der Waals surface area contributed by atoms with Gasteiger partial charge in [-0.1, -0.05) is 54.6 Å². The average molecular weight is 320 g/mol. The van der Waals surface area contributed by atoms with E-state index < -0.39 is 0 Å². The summed E-state index contributed by atoms with van der Waals surface area (Å²) in [5, 5.41) is 6.58. The number of thiocarbonyl (C=S) groups is 1. The van der Waals surface area contributed by atoms with Gasteiger partial charge < -0.3 is 10.2 Å². The Morgan fingerprint density at radius 1 is 0.957 bits per heavy atom. The fraction of sp³-hybridized carbons (Fsp3) is 0.150. The lowest BCUT2D eigenvalue weighted by molar-refractivity contribution is 0.509. The lowest BCUT2D eigenvalue weighted by Crippen LogP contribution is -2.30. The van der Waals surface area contributed by atoms with Crippen LogP contribution < -0.4 is 5.32 Å². The zero-order valence-corrected chi connectivity index (χ0v) is 14.2. The van der Waals surface area contributed by atoms with Gasteiger partial charge in [0.2, 0.25) is 0 Å². The number of hydrogen-bond donors (Lipinski definition) is 1. The molecular formula is C20H20N2S. The highest BCUT2D eigenvalue weighted by molar-refractivity contribution is 7.80. The number of hydrogen-bond acceptors (Lipinski definition) is 1. The molecule has 0 spiro atoms. The summed E-state index contributed by atoms with van der Waals surface area (Å²) in [6.07, 6.45) is 0. The van der Waals surface area contributed by atoms with Gasteiger partial charge in [0.1, 0.15) is 0 Å². The minimum absolute atomic E-state index is 0.729. The molecule has 3 heteroatoms. The minimum atomic E-state index is 0.729. The van der Waals surface area contributed by atoms with Crippen LogP contribution in [0.15, 0.2) is 66.7 Å². The third-order valence-corrected chi connectivity index (χ3v) is 4.38. The number of rotatable bonds is 3. The Kier molecular flexibility index (Phi) is 4.58. The predicted molar refractivity (Wildman–Crippen MR) is 103 cm³/mol. The van der Waals surface area contributed by atoms with Gasteiger partial charge in [0.25, 0.3) is 0 Å². The maximum absolute atomic E-state index is 5.53. The maximum Gasteiger partial charge on any atom is 0.173 e. The third-order valence-electron chi connectivity index (χ3n) is 3.97. The van der Waals surface area contributed by atoms with Crippen molar-refractivity contribution in [1.82, 2.24) is 4.90 Å². The standard InChI is InChI=1S/C20H20N2S/c1-15-7-3-6-10-19(15)21-20(23)22(2)14-16-11-12-17-8-4-5-9-18(17)13-16/h3-13H,14H2,1-2H3,(H,21,23). The molecule has 0 saturated carbocycles. The molecule has 0 atom stereocenters. The van der Waals surface area contributed by atoms with Gasteiger partial charge in [0, 0.05) is 19.3 Å². The van der Waals surface area contributed by atoms with Crippen molar-refractivity contribution < 1.29 is 0 Å². The molecule has 0 heterocycles. The van der Waals surface area contributed by atoms with E-state index in [9.17, 15) is 0 Å². The molecule has 3 aromatic rings. The molecule has 116 valence electrons. The minimum Gasteiger partial charge on any atom is -0.348 e. The molecule has 0 bridgehead atoms. The van der Waals surface area contributed by atoms with Gasteiger partial charge in [-0.15, -0.1) is 0 Å². The van der Waals surface area contributed by atoms with Crippen molar-refractivity contribution in [3.05, 3.63) is 77.9 Å². The van der Waals surface area contributed by atoms with E-state index in [1.165, 1.54) is 21.9 Å². The van der Waals surface area contributed by atoms with Crippen LogP contribution in [-0.2, 0) is 6.54 Å². The van der Waals surface area contributed by atoms with Gasteiger partial charge in [-0.3, -0.25) is 0 Å². The Labute approximate surface area is 142 Å². The molecule has 1 N–H and O–H groups in total. The van der Waals surface area contributed by atoms with E-state index in [0.29, 0.717) is 0 Å². The average Bonchev–Trinajstić information content (AvgIpc) is 2.56. The third kappa shape index (κ3) is 3.69. The first kappa shape index (κ1) is 15.5. The first-order valence-corrected chi connectivity index (χ1v) is 8.10.